The van der Waals surface area contributed by atoms with Gasteiger partial charge in [0.15, 0.2) is 0 Å². The molecule has 3 N–H and O–H groups in total. The lowest BCUT2D eigenvalue weighted by molar-refractivity contribution is 0.0534. The van der Waals surface area contributed by atoms with E-state index in [4.69, 9.17) is 4.74 Å². The second-order valence-corrected chi connectivity index (χ2v) is 6.94. The molecule has 1 saturated heterocycles. The first-order valence-corrected chi connectivity index (χ1v) is 9.51. The summed E-state index contributed by atoms with van der Waals surface area (Å²) in [6.45, 7) is 2.50. The number of fused-ring (bicyclic) bond motifs is 1. The van der Waals surface area contributed by atoms with Crippen molar-refractivity contribution >= 4 is 22.7 Å². The van der Waals surface area contributed by atoms with E-state index in [1.807, 2.05) is 12.3 Å². The van der Waals surface area contributed by atoms with Gasteiger partial charge in [-0.05, 0) is 43.7 Å². The standard InChI is InChI=1S/C20H28N4O3/c1-21-19(25)14-27-20(26)22-9-6-15-7-10-24(11-8-15)18-12-16-4-2-3-5-17(16)13-23-18/h2-5,12-13,15,19,21,25H,6-11,14H2,1H3,(H,22,26). The van der Waals surface area contributed by atoms with Crippen LogP contribution in [-0.4, -0.2) is 55.7 Å². The summed E-state index contributed by atoms with van der Waals surface area (Å²) in [4.78, 5) is 18.5. The molecule has 7 heteroatoms. The first kappa shape index (κ1) is 19.4. The predicted octanol–water partition coefficient (Wildman–Crippen LogP) is 2.11. The first-order chi connectivity index (χ1) is 13.2. The molecule has 0 aliphatic carbocycles. The lowest BCUT2D eigenvalue weighted by Crippen LogP contribution is -2.36. The highest BCUT2D eigenvalue weighted by Gasteiger charge is 2.20. The molecule has 2 heterocycles. The summed E-state index contributed by atoms with van der Waals surface area (Å²) in [5.41, 5.74) is 0. The maximum atomic E-state index is 11.6. The van der Waals surface area contributed by atoms with Gasteiger partial charge in [0.25, 0.3) is 0 Å². The summed E-state index contributed by atoms with van der Waals surface area (Å²) in [5, 5.41) is 17.0. The summed E-state index contributed by atoms with van der Waals surface area (Å²) in [6.07, 6.45) is 3.73. The summed E-state index contributed by atoms with van der Waals surface area (Å²) in [6, 6.07) is 10.4. The van der Waals surface area contributed by atoms with Gasteiger partial charge in [-0.3, -0.25) is 5.32 Å². The van der Waals surface area contributed by atoms with E-state index < -0.39 is 12.3 Å². The number of nitrogens with one attached hydrogen (secondary N) is 2. The molecule has 1 atom stereocenters. The Morgan fingerprint density at radius 2 is 2.07 bits per heavy atom. The number of amides is 1. The molecule has 2 aromatic rings. The molecular formula is C20H28N4O3. The van der Waals surface area contributed by atoms with Crippen LogP contribution in [0.4, 0.5) is 10.6 Å². The Bertz CT molecular complexity index is 747. The SMILES string of the molecule is CNC(O)COC(=O)NCCC1CCN(c2cc3ccccc3cn2)CC1. The number of anilines is 1. The maximum Gasteiger partial charge on any atom is 0.407 e. The number of ether oxygens (including phenoxy) is 1. The normalized spacial score (nSPS) is 16.3. The van der Waals surface area contributed by atoms with Gasteiger partial charge in [0.1, 0.15) is 18.7 Å². The average molecular weight is 372 g/mol. The molecule has 1 aliphatic heterocycles. The van der Waals surface area contributed by atoms with E-state index >= 15 is 0 Å². The number of hydrogen-bond donors (Lipinski definition) is 3. The Morgan fingerprint density at radius 3 is 2.81 bits per heavy atom. The minimum absolute atomic E-state index is 0.0561. The van der Waals surface area contributed by atoms with E-state index in [1.54, 1.807) is 7.05 Å². The number of carbonyl (C=O) groups is 1. The van der Waals surface area contributed by atoms with Crippen LogP contribution in [0.15, 0.2) is 36.5 Å². The Balaban J connectivity index is 1.39. The van der Waals surface area contributed by atoms with Crippen molar-refractivity contribution < 1.29 is 14.6 Å². The van der Waals surface area contributed by atoms with Gasteiger partial charge in [0.2, 0.25) is 0 Å². The molecule has 7 nitrogen and oxygen atoms in total. The number of carbonyl (C=O) groups excluding carboxylic acids is 1. The number of hydrogen-bond acceptors (Lipinski definition) is 6. The Kier molecular flexibility index (Phi) is 6.84. The van der Waals surface area contributed by atoms with Gasteiger partial charge in [-0.25, -0.2) is 9.78 Å². The van der Waals surface area contributed by atoms with Gasteiger partial charge >= 0.3 is 6.09 Å². The van der Waals surface area contributed by atoms with Crippen LogP contribution in [0.3, 0.4) is 0 Å². The monoisotopic (exact) mass is 372 g/mol. The third-order valence-corrected chi connectivity index (χ3v) is 5.08. The van der Waals surface area contributed by atoms with Crippen LogP contribution in [0.2, 0.25) is 0 Å². The van der Waals surface area contributed by atoms with Crippen molar-refractivity contribution in [3.8, 4) is 0 Å². The minimum atomic E-state index is -0.830. The van der Waals surface area contributed by atoms with Crippen LogP contribution < -0.4 is 15.5 Å². The van der Waals surface area contributed by atoms with Gasteiger partial charge in [-0.2, -0.15) is 0 Å². The van der Waals surface area contributed by atoms with E-state index in [-0.39, 0.29) is 6.61 Å². The number of alkyl carbamates (subject to hydrolysis) is 1. The van der Waals surface area contributed by atoms with E-state index in [9.17, 15) is 9.90 Å². The molecular weight excluding hydrogens is 344 g/mol. The van der Waals surface area contributed by atoms with E-state index in [1.165, 1.54) is 5.39 Å². The van der Waals surface area contributed by atoms with Crippen LogP contribution >= 0.6 is 0 Å². The fourth-order valence-electron chi connectivity index (χ4n) is 3.36. The van der Waals surface area contributed by atoms with Gasteiger partial charge in [-0.1, -0.05) is 24.3 Å². The summed E-state index contributed by atoms with van der Waals surface area (Å²) in [7, 11) is 1.60. The quantitative estimate of drug-likeness (QED) is 0.646. The highest BCUT2D eigenvalue weighted by Crippen LogP contribution is 2.25. The zero-order chi connectivity index (χ0) is 19.1. The van der Waals surface area contributed by atoms with E-state index in [2.05, 4.69) is 44.8 Å². The Morgan fingerprint density at radius 1 is 1.33 bits per heavy atom. The van der Waals surface area contributed by atoms with Crippen molar-refractivity contribution in [3.63, 3.8) is 0 Å². The smallest absolute Gasteiger partial charge is 0.407 e. The lowest BCUT2D eigenvalue weighted by atomic mass is 9.93. The Hall–Kier alpha value is -2.38. The number of rotatable bonds is 7. The van der Waals surface area contributed by atoms with Crippen LogP contribution in [0, 0.1) is 5.92 Å². The molecule has 0 bridgehead atoms. The number of pyridine rings is 1. The Labute approximate surface area is 159 Å². The zero-order valence-electron chi connectivity index (χ0n) is 15.7. The number of aromatic nitrogens is 1. The molecule has 3 rings (SSSR count). The highest BCUT2D eigenvalue weighted by atomic mass is 16.6. The third kappa shape index (κ3) is 5.55. The van der Waals surface area contributed by atoms with Crippen molar-refractivity contribution in [2.24, 2.45) is 5.92 Å². The highest BCUT2D eigenvalue weighted by molar-refractivity contribution is 5.83. The predicted molar refractivity (Wildman–Crippen MR) is 106 cm³/mol. The van der Waals surface area contributed by atoms with Crippen molar-refractivity contribution in [3.05, 3.63) is 36.5 Å². The van der Waals surface area contributed by atoms with Crippen LogP contribution in [0.1, 0.15) is 19.3 Å². The second-order valence-electron chi connectivity index (χ2n) is 6.94. The number of nitrogens with zero attached hydrogens (tertiary/aromatic N) is 2. The van der Waals surface area contributed by atoms with Crippen LogP contribution in [0.5, 0.6) is 0 Å². The fourth-order valence-corrected chi connectivity index (χ4v) is 3.36. The van der Waals surface area contributed by atoms with Crippen LogP contribution in [0.25, 0.3) is 10.8 Å². The summed E-state index contributed by atoms with van der Waals surface area (Å²) in [5.74, 6) is 1.63. The number of likely N-dealkylation sites (N-methyl/N-ethyl adjacent to an activating group) is 1. The number of aliphatic hydroxyl groups excluding tert-OH is 1. The van der Waals surface area contributed by atoms with Crippen LogP contribution in [-0.2, 0) is 4.74 Å². The van der Waals surface area contributed by atoms with Gasteiger partial charge in [0, 0.05) is 31.2 Å². The van der Waals surface area contributed by atoms with Gasteiger partial charge in [0.05, 0.1) is 0 Å². The van der Waals surface area contributed by atoms with Crippen molar-refractivity contribution in [2.75, 3.05) is 38.2 Å². The van der Waals surface area contributed by atoms with Gasteiger partial charge < -0.3 is 20.1 Å². The summed E-state index contributed by atoms with van der Waals surface area (Å²) < 4.78 is 4.92. The molecule has 146 valence electrons. The minimum Gasteiger partial charge on any atom is -0.445 e. The lowest BCUT2D eigenvalue weighted by Gasteiger charge is -2.33. The molecule has 27 heavy (non-hydrogen) atoms. The second kappa shape index (κ2) is 9.53. The topological polar surface area (TPSA) is 86.7 Å². The zero-order valence-corrected chi connectivity index (χ0v) is 15.7. The molecule has 0 spiro atoms. The molecule has 1 unspecified atom stereocenters. The molecule has 1 aliphatic rings. The summed E-state index contributed by atoms with van der Waals surface area (Å²) >= 11 is 0. The number of piperidine rings is 1. The molecule has 1 aromatic carbocycles. The maximum absolute atomic E-state index is 11.6. The first-order valence-electron chi connectivity index (χ1n) is 9.51. The molecule has 0 radical (unpaired) electrons. The van der Waals surface area contributed by atoms with Crippen molar-refractivity contribution in [2.45, 2.75) is 25.5 Å². The molecule has 1 aromatic heterocycles. The van der Waals surface area contributed by atoms with Crippen molar-refractivity contribution in [1.29, 1.82) is 0 Å². The van der Waals surface area contributed by atoms with Crippen molar-refractivity contribution in [1.82, 2.24) is 15.6 Å². The average Bonchev–Trinajstić information content (AvgIpc) is 2.72. The molecule has 1 amide bonds. The van der Waals surface area contributed by atoms with E-state index in [0.29, 0.717) is 12.5 Å². The number of benzene rings is 1. The number of aliphatic hydroxyl groups is 1. The van der Waals surface area contributed by atoms with E-state index in [0.717, 1.165) is 43.6 Å². The largest absolute Gasteiger partial charge is 0.445 e. The molecule has 0 saturated carbocycles. The third-order valence-electron chi connectivity index (χ3n) is 5.08. The van der Waals surface area contributed by atoms with Gasteiger partial charge in [-0.15, -0.1) is 0 Å². The fraction of sp³-hybridized carbons (Fsp3) is 0.500. The molecule has 1 fully saturated rings.